The van der Waals surface area contributed by atoms with Gasteiger partial charge in [-0.2, -0.15) is 5.10 Å². The van der Waals surface area contributed by atoms with Crippen LogP contribution in [0.25, 0.3) is 0 Å². The van der Waals surface area contributed by atoms with Crippen molar-refractivity contribution >= 4 is 5.96 Å². The predicted octanol–water partition coefficient (Wildman–Crippen LogP) is 2.31. The fourth-order valence-corrected chi connectivity index (χ4v) is 3.86. The molecule has 2 N–H and O–H groups in total. The molecule has 3 atom stereocenters. The normalized spacial score (nSPS) is 24.8. The molecule has 6 heteroatoms. The van der Waals surface area contributed by atoms with Crippen LogP contribution in [-0.4, -0.2) is 40.5 Å². The van der Waals surface area contributed by atoms with Crippen LogP contribution in [0, 0.1) is 0 Å². The van der Waals surface area contributed by atoms with E-state index in [9.17, 15) is 0 Å². The maximum atomic E-state index is 5.94. The largest absolute Gasteiger partial charge is 0.373 e. The number of rotatable bonds is 6. The minimum atomic E-state index is 0.348. The smallest absolute Gasteiger partial charge is 0.191 e. The fraction of sp³-hybridized carbons (Fsp3) is 0.500. The van der Waals surface area contributed by atoms with E-state index in [1.807, 2.05) is 23.1 Å². The average Bonchev–Trinajstić information content (AvgIpc) is 3.39. The summed E-state index contributed by atoms with van der Waals surface area (Å²) in [6, 6.07) is 10.9. The van der Waals surface area contributed by atoms with Crippen molar-refractivity contribution in [2.24, 2.45) is 4.99 Å². The van der Waals surface area contributed by atoms with Gasteiger partial charge in [-0.15, -0.1) is 0 Å². The number of nitrogens with one attached hydrogen (secondary N) is 2. The molecule has 2 saturated heterocycles. The molecule has 2 aliphatic rings. The highest BCUT2D eigenvalue weighted by molar-refractivity contribution is 5.80. The van der Waals surface area contributed by atoms with Crippen LogP contribution in [0.15, 0.2) is 47.7 Å². The molecule has 0 spiro atoms. The number of hydrogen-bond donors (Lipinski definition) is 2. The SMILES string of the molecule is CCNC(=NCc1cccc(Cn2cccn2)c1)NC1CC2CCC1O2. The maximum Gasteiger partial charge on any atom is 0.191 e. The fourth-order valence-electron chi connectivity index (χ4n) is 3.86. The summed E-state index contributed by atoms with van der Waals surface area (Å²) in [5.74, 6) is 0.881. The van der Waals surface area contributed by atoms with E-state index >= 15 is 0 Å². The van der Waals surface area contributed by atoms with Gasteiger partial charge >= 0.3 is 0 Å². The first-order valence-corrected chi connectivity index (χ1v) is 9.55. The molecule has 1 aromatic heterocycles. The number of benzene rings is 1. The summed E-state index contributed by atoms with van der Waals surface area (Å²) < 4.78 is 7.87. The van der Waals surface area contributed by atoms with Crippen LogP contribution in [0.4, 0.5) is 0 Å². The molecule has 138 valence electrons. The number of ether oxygens (including phenoxy) is 1. The molecule has 4 rings (SSSR count). The molecular formula is C20H27N5O. The second kappa shape index (κ2) is 7.91. The van der Waals surface area contributed by atoms with Crippen molar-refractivity contribution in [1.82, 2.24) is 20.4 Å². The Labute approximate surface area is 154 Å². The van der Waals surface area contributed by atoms with E-state index in [2.05, 4.69) is 46.9 Å². The van der Waals surface area contributed by atoms with Crippen LogP contribution in [0.2, 0.25) is 0 Å². The number of fused-ring (bicyclic) bond motifs is 2. The zero-order chi connectivity index (χ0) is 17.8. The monoisotopic (exact) mass is 353 g/mol. The van der Waals surface area contributed by atoms with Crippen molar-refractivity contribution in [2.45, 2.75) is 57.5 Å². The van der Waals surface area contributed by atoms with Crippen LogP contribution >= 0.6 is 0 Å². The highest BCUT2D eigenvalue weighted by atomic mass is 16.5. The van der Waals surface area contributed by atoms with E-state index < -0.39 is 0 Å². The average molecular weight is 353 g/mol. The molecule has 0 radical (unpaired) electrons. The molecule has 0 saturated carbocycles. The third-order valence-electron chi connectivity index (χ3n) is 5.09. The predicted molar refractivity (Wildman–Crippen MR) is 102 cm³/mol. The van der Waals surface area contributed by atoms with Gasteiger partial charge in [-0.05, 0) is 43.4 Å². The second-order valence-corrected chi connectivity index (χ2v) is 7.08. The third-order valence-corrected chi connectivity index (χ3v) is 5.09. The molecular weight excluding hydrogens is 326 g/mol. The molecule has 2 aromatic rings. The molecule has 3 unspecified atom stereocenters. The van der Waals surface area contributed by atoms with Crippen LogP contribution < -0.4 is 10.6 Å². The Morgan fingerprint density at radius 3 is 2.96 bits per heavy atom. The van der Waals surface area contributed by atoms with E-state index in [4.69, 9.17) is 9.73 Å². The Kier molecular flexibility index (Phi) is 5.20. The molecule has 1 aromatic carbocycles. The number of guanidine groups is 1. The van der Waals surface area contributed by atoms with Gasteiger partial charge in [0.2, 0.25) is 0 Å². The molecule has 3 heterocycles. The summed E-state index contributed by atoms with van der Waals surface area (Å²) >= 11 is 0. The summed E-state index contributed by atoms with van der Waals surface area (Å²) in [5, 5.41) is 11.2. The van der Waals surface area contributed by atoms with E-state index in [1.165, 1.54) is 17.5 Å². The van der Waals surface area contributed by atoms with Gasteiger partial charge in [0.25, 0.3) is 0 Å². The van der Waals surface area contributed by atoms with E-state index in [0.29, 0.717) is 24.8 Å². The molecule has 26 heavy (non-hydrogen) atoms. The lowest BCUT2D eigenvalue weighted by Gasteiger charge is -2.22. The van der Waals surface area contributed by atoms with Crippen molar-refractivity contribution < 1.29 is 4.74 Å². The number of hydrogen-bond acceptors (Lipinski definition) is 3. The molecule has 2 aliphatic heterocycles. The zero-order valence-corrected chi connectivity index (χ0v) is 15.3. The molecule has 6 nitrogen and oxygen atoms in total. The van der Waals surface area contributed by atoms with Gasteiger partial charge < -0.3 is 15.4 Å². The van der Waals surface area contributed by atoms with Crippen LogP contribution in [0.3, 0.4) is 0 Å². The number of aromatic nitrogens is 2. The Bertz CT molecular complexity index is 742. The number of nitrogens with zero attached hydrogens (tertiary/aromatic N) is 3. The lowest BCUT2D eigenvalue weighted by atomic mass is 9.96. The zero-order valence-electron chi connectivity index (χ0n) is 15.3. The van der Waals surface area contributed by atoms with Crippen LogP contribution in [0.5, 0.6) is 0 Å². The summed E-state index contributed by atoms with van der Waals surface area (Å²) in [4.78, 5) is 4.79. The van der Waals surface area contributed by atoms with Crippen LogP contribution in [0.1, 0.15) is 37.3 Å². The molecule has 2 bridgehead atoms. The van der Waals surface area contributed by atoms with Gasteiger partial charge in [0, 0.05) is 18.9 Å². The first-order valence-electron chi connectivity index (χ1n) is 9.55. The first kappa shape index (κ1) is 17.1. The molecule has 0 amide bonds. The number of aliphatic imine (C=N–C) groups is 1. The van der Waals surface area contributed by atoms with Gasteiger partial charge in [0.15, 0.2) is 5.96 Å². The minimum absolute atomic E-state index is 0.348. The van der Waals surface area contributed by atoms with Crippen molar-refractivity contribution in [2.75, 3.05) is 6.54 Å². The Hall–Kier alpha value is -2.34. The summed E-state index contributed by atoms with van der Waals surface area (Å²) in [6.45, 7) is 4.39. The van der Waals surface area contributed by atoms with Gasteiger partial charge in [-0.3, -0.25) is 4.68 Å². The van der Waals surface area contributed by atoms with Gasteiger partial charge in [0.05, 0.1) is 31.3 Å². The lowest BCUT2D eigenvalue weighted by Crippen LogP contribution is -2.47. The first-order chi connectivity index (χ1) is 12.8. The van der Waals surface area contributed by atoms with Crippen molar-refractivity contribution in [1.29, 1.82) is 0 Å². The topological polar surface area (TPSA) is 63.5 Å². The molecule has 0 aliphatic carbocycles. The minimum Gasteiger partial charge on any atom is -0.373 e. The Morgan fingerprint density at radius 1 is 1.31 bits per heavy atom. The van der Waals surface area contributed by atoms with Gasteiger partial charge in [-0.25, -0.2) is 4.99 Å². The summed E-state index contributed by atoms with van der Waals surface area (Å²) in [5.41, 5.74) is 2.44. The lowest BCUT2D eigenvalue weighted by molar-refractivity contribution is 0.0992. The van der Waals surface area contributed by atoms with E-state index in [-0.39, 0.29) is 0 Å². The summed E-state index contributed by atoms with van der Waals surface area (Å²) in [6.07, 6.45) is 8.04. The molecule has 2 fully saturated rings. The van der Waals surface area contributed by atoms with Crippen molar-refractivity contribution in [3.63, 3.8) is 0 Å². The Balaban J connectivity index is 1.39. The van der Waals surface area contributed by atoms with Gasteiger partial charge in [0.1, 0.15) is 0 Å². The van der Waals surface area contributed by atoms with Crippen molar-refractivity contribution in [3.05, 3.63) is 53.9 Å². The summed E-state index contributed by atoms with van der Waals surface area (Å²) in [7, 11) is 0. The van der Waals surface area contributed by atoms with E-state index in [1.54, 1.807) is 0 Å². The highest BCUT2D eigenvalue weighted by Crippen LogP contribution is 2.34. The standard InChI is InChI=1S/C20H27N5O/c1-2-21-20(24-18-12-17-7-8-19(18)26-17)22-13-15-5-3-6-16(11-15)14-25-10-4-9-23-25/h3-6,9-11,17-19H,2,7-8,12-14H2,1H3,(H2,21,22,24). The van der Waals surface area contributed by atoms with Crippen molar-refractivity contribution in [3.8, 4) is 0 Å². The second-order valence-electron chi connectivity index (χ2n) is 7.08. The highest BCUT2D eigenvalue weighted by Gasteiger charge is 2.41. The quantitative estimate of drug-likeness (QED) is 0.618. The maximum absolute atomic E-state index is 5.94. The van der Waals surface area contributed by atoms with Crippen LogP contribution in [-0.2, 0) is 17.8 Å². The Morgan fingerprint density at radius 2 is 2.23 bits per heavy atom. The van der Waals surface area contributed by atoms with E-state index in [0.717, 1.165) is 31.9 Å². The van der Waals surface area contributed by atoms with Gasteiger partial charge in [-0.1, -0.05) is 24.3 Å². The third kappa shape index (κ3) is 4.07.